The first-order valence-corrected chi connectivity index (χ1v) is 13.4. The first kappa shape index (κ1) is 27.5. The van der Waals surface area contributed by atoms with Gasteiger partial charge in [0.2, 0.25) is 11.8 Å². The standard InChI is InChI=1S/C32H27F3N2O5/c1-30-13-14-31(42-30,15-16-40-23-9-11-24(12-10-23)41-19-20-5-3-2-4-6-20)27-26(30)28(38)37(29(27)39)22-8-7-21(18-36)25(17-22)32(33,34)35/h2-12,17,38-39H,13-16,19H2,1H3/t30-,31-/m0/s1. The van der Waals surface area contributed by atoms with Gasteiger partial charge in [0.25, 0.3) is 0 Å². The minimum atomic E-state index is -4.79. The van der Waals surface area contributed by atoms with Gasteiger partial charge in [-0.25, -0.2) is 0 Å². The molecule has 216 valence electrons. The summed E-state index contributed by atoms with van der Waals surface area (Å²) >= 11 is 0. The molecule has 1 aromatic heterocycles. The van der Waals surface area contributed by atoms with E-state index >= 15 is 0 Å². The molecule has 2 aliphatic heterocycles. The molecule has 2 aliphatic rings. The molecule has 0 amide bonds. The molecule has 2 N–H and O–H groups in total. The van der Waals surface area contributed by atoms with Crippen molar-refractivity contribution in [3.05, 3.63) is 101 Å². The molecule has 0 radical (unpaired) electrons. The third-order valence-electron chi connectivity index (χ3n) is 8.07. The van der Waals surface area contributed by atoms with Gasteiger partial charge in [-0.2, -0.15) is 18.4 Å². The van der Waals surface area contributed by atoms with Gasteiger partial charge in [-0.05, 0) is 67.8 Å². The number of nitrogens with zero attached hydrogens (tertiary/aromatic N) is 2. The molecule has 2 atom stereocenters. The van der Waals surface area contributed by atoms with Gasteiger partial charge in [0.15, 0.2) is 0 Å². The van der Waals surface area contributed by atoms with Gasteiger partial charge >= 0.3 is 6.18 Å². The number of aromatic hydroxyl groups is 2. The molecule has 0 spiro atoms. The van der Waals surface area contributed by atoms with E-state index in [4.69, 9.17) is 19.5 Å². The van der Waals surface area contributed by atoms with Crippen LogP contribution in [0.4, 0.5) is 13.2 Å². The normalized spacial score (nSPS) is 20.7. The summed E-state index contributed by atoms with van der Waals surface area (Å²) < 4.78 is 60.1. The Morgan fingerprint density at radius 1 is 0.929 bits per heavy atom. The van der Waals surface area contributed by atoms with E-state index in [-0.39, 0.29) is 12.3 Å². The smallest absolute Gasteiger partial charge is 0.417 e. The summed E-state index contributed by atoms with van der Waals surface area (Å²) in [5.74, 6) is 0.512. The van der Waals surface area contributed by atoms with Crippen molar-refractivity contribution in [3.8, 4) is 35.0 Å². The Kier molecular flexibility index (Phi) is 6.58. The number of hydrogen-bond donors (Lipinski definition) is 2. The highest BCUT2D eigenvalue weighted by Gasteiger charge is 2.61. The second-order valence-electron chi connectivity index (χ2n) is 10.7. The summed E-state index contributed by atoms with van der Waals surface area (Å²) in [4.78, 5) is 0. The van der Waals surface area contributed by atoms with E-state index in [1.54, 1.807) is 25.1 Å². The lowest BCUT2D eigenvalue weighted by atomic mass is 9.78. The van der Waals surface area contributed by atoms with E-state index in [2.05, 4.69) is 0 Å². The molecular formula is C32H27F3N2O5. The largest absolute Gasteiger partial charge is 0.494 e. The van der Waals surface area contributed by atoms with Gasteiger partial charge in [-0.3, -0.25) is 4.57 Å². The summed E-state index contributed by atoms with van der Waals surface area (Å²) in [5.41, 5.74) is -1.99. The van der Waals surface area contributed by atoms with Gasteiger partial charge < -0.3 is 24.4 Å². The van der Waals surface area contributed by atoms with Gasteiger partial charge in [-0.1, -0.05) is 30.3 Å². The highest BCUT2D eigenvalue weighted by atomic mass is 19.4. The van der Waals surface area contributed by atoms with Crippen molar-refractivity contribution in [1.82, 2.24) is 4.57 Å². The minimum absolute atomic E-state index is 0.116. The van der Waals surface area contributed by atoms with E-state index in [9.17, 15) is 23.4 Å². The molecule has 3 heterocycles. The number of halogens is 3. The summed E-state index contributed by atoms with van der Waals surface area (Å²) in [6.07, 6.45) is -3.38. The van der Waals surface area contributed by atoms with E-state index in [0.717, 1.165) is 22.3 Å². The van der Waals surface area contributed by atoms with Crippen LogP contribution in [0.15, 0.2) is 72.8 Å². The highest BCUT2D eigenvalue weighted by Crippen LogP contribution is 2.65. The SMILES string of the molecule is C[C@@]12CC[C@@](CCOc3ccc(OCc4ccccc4)cc3)(O1)c1c2c(O)n(-c2ccc(C#N)c(C(F)(F)F)c2)c1O. The predicted octanol–water partition coefficient (Wildman–Crippen LogP) is 7.06. The topological polar surface area (TPSA) is 96.9 Å². The van der Waals surface area contributed by atoms with Crippen LogP contribution in [0, 0.1) is 11.3 Å². The summed E-state index contributed by atoms with van der Waals surface area (Å²) in [6.45, 7) is 2.46. The van der Waals surface area contributed by atoms with Crippen LogP contribution in [0.5, 0.6) is 23.3 Å². The van der Waals surface area contributed by atoms with Crippen LogP contribution in [0.3, 0.4) is 0 Å². The average Bonchev–Trinajstić information content (AvgIpc) is 3.56. The first-order chi connectivity index (χ1) is 20.0. The van der Waals surface area contributed by atoms with Crippen LogP contribution in [0.2, 0.25) is 0 Å². The quantitative estimate of drug-likeness (QED) is 0.233. The molecule has 0 unspecified atom stereocenters. The van der Waals surface area contributed by atoms with Crippen molar-refractivity contribution in [2.24, 2.45) is 0 Å². The zero-order chi connectivity index (χ0) is 29.7. The molecule has 0 saturated carbocycles. The van der Waals surface area contributed by atoms with Crippen LogP contribution in [-0.2, 0) is 28.7 Å². The molecule has 6 rings (SSSR count). The van der Waals surface area contributed by atoms with Crippen LogP contribution in [0.1, 0.15) is 54.0 Å². The summed E-state index contributed by atoms with van der Waals surface area (Å²) in [6, 6.07) is 21.6. The zero-order valence-electron chi connectivity index (χ0n) is 22.6. The van der Waals surface area contributed by atoms with Crippen LogP contribution < -0.4 is 9.47 Å². The maximum atomic E-state index is 13.6. The van der Waals surface area contributed by atoms with Crippen molar-refractivity contribution in [2.75, 3.05) is 6.61 Å². The first-order valence-electron chi connectivity index (χ1n) is 13.4. The van der Waals surface area contributed by atoms with E-state index in [1.807, 2.05) is 42.5 Å². The molecule has 42 heavy (non-hydrogen) atoms. The lowest BCUT2D eigenvalue weighted by molar-refractivity contribution is -0.137. The highest BCUT2D eigenvalue weighted by molar-refractivity contribution is 5.62. The zero-order valence-corrected chi connectivity index (χ0v) is 22.6. The third-order valence-corrected chi connectivity index (χ3v) is 8.07. The van der Waals surface area contributed by atoms with Gasteiger partial charge in [-0.15, -0.1) is 0 Å². The lowest BCUT2D eigenvalue weighted by Gasteiger charge is -2.26. The maximum Gasteiger partial charge on any atom is 0.417 e. The lowest BCUT2D eigenvalue weighted by Crippen LogP contribution is -2.25. The van der Waals surface area contributed by atoms with Crippen LogP contribution >= 0.6 is 0 Å². The maximum absolute atomic E-state index is 13.6. The van der Waals surface area contributed by atoms with Crippen molar-refractivity contribution in [3.63, 3.8) is 0 Å². The Morgan fingerprint density at radius 3 is 2.26 bits per heavy atom. The Hall–Kier alpha value is -4.62. The van der Waals surface area contributed by atoms with E-state index < -0.39 is 40.3 Å². The molecule has 1 saturated heterocycles. The van der Waals surface area contributed by atoms with Crippen molar-refractivity contribution >= 4 is 0 Å². The van der Waals surface area contributed by atoms with E-state index in [0.29, 0.717) is 48.5 Å². The fourth-order valence-electron chi connectivity index (χ4n) is 6.06. The Morgan fingerprint density at radius 2 is 1.60 bits per heavy atom. The van der Waals surface area contributed by atoms with Gasteiger partial charge in [0.1, 0.15) is 23.7 Å². The second kappa shape index (κ2) is 10.0. The summed E-state index contributed by atoms with van der Waals surface area (Å²) in [7, 11) is 0. The molecule has 2 bridgehead atoms. The number of benzene rings is 3. The number of nitriles is 1. The minimum Gasteiger partial charge on any atom is -0.494 e. The predicted molar refractivity (Wildman–Crippen MR) is 145 cm³/mol. The third kappa shape index (κ3) is 4.60. The monoisotopic (exact) mass is 576 g/mol. The number of rotatable bonds is 8. The molecule has 7 nitrogen and oxygen atoms in total. The number of hydrogen-bond acceptors (Lipinski definition) is 6. The molecule has 0 aliphatic carbocycles. The van der Waals surface area contributed by atoms with Crippen LogP contribution in [0.25, 0.3) is 5.69 Å². The average molecular weight is 577 g/mol. The van der Waals surface area contributed by atoms with Crippen molar-refractivity contribution < 1.29 is 37.6 Å². The van der Waals surface area contributed by atoms with Gasteiger partial charge in [0, 0.05) is 6.42 Å². The Labute approximate surface area is 239 Å². The van der Waals surface area contributed by atoms with E-state index in [1.165, 1.54) is 6.07 Å². The number of fused-ring (bicyclic) bond motifs is 5. The fourth-order valence-corrected chi connectivity index (χ4v) is 6.06. The molecule has 4 aromatic rings. The molecule has 3 aromatic carbocycles. The Balaban J connectivity index is 1.21. The molecule has 10 heteroatoms. The molecular weight excluding hydrogens is 549 g/mol. The number of alkyl halides is 3. The fraction of sp³-hybridized carbons (Fsp3) is 0.281. The number of ether oxygens (including phenoxy) is 3. The van der Waals surface area contributed by atoms with Crippen molar-refractivity contribution in [1.29, 1.82) is 5.26 Å². The van der Waals surface area contributed by atoms with Crippen LogP contribution in [-0.4, -0.2) is 21.4 Å². The second-order valence-corrected chi connectivity index (χ2v) is 10.7. The molecule has 1 fully saturated rings. The number of aromatic nitrogens is 1. The Bertz CT molecular complexity index is 1680. The summed E-state index contributed by atoms with van der Waals surface area (Å²) in [5, 5.41) is 31.6. The van der Waals surface area contributed by atoms with Gasteiger partial charge in [0.05, 0.1) is 46.2 Å². The van der Waals surface area contributed by atoms with Crippen molar-refractivity contribution in [2.45, 2.75) is 50.2 Å².